The first-order valence-corrected chi connectivity index (χ1v) is 8.80. The molecule has 24 heavy (non-hydrogen) atoms. The Balaban J connectivity index is 1.50. The van der Waals surface area contributed by atoms with Crippen molar-refractivity contribution in [3.63, 3.8) is 0 Å². The standard InChI is InChI=1S/C18H21ClN2O3/c1-23-18(7-2-3-8-18)16-20-15(24-21-16)12-10-17(22,11-12)13-5-4-6-14(19)9-13/h4-6,9,12,22H,2-3,7-8,10-11H2,1H3. The summed E-state index contributed by atoms with van der Waals surface area (Å²) in [5.41, 5.74) is -0.416. The van der Waals surface area contributed by atoms with Gasteiger partial charge in [0.2, 0.25) is 11.7 Å². The summed E-state index contributed by atoms with van der Waals surface area (Å²) in [4.78, 5) is 4.59. The third-order valence-corrected chi connectivity index (χ3v) is 5.77. The Morgan fingerprint density at radius 3 is 2.71 bits per heavy atom. The lowest BCUT2D eigenvalue weighted by atomic mass is 9.67. The van der Waals surface area contributed by atoms with Gasteiger partial charge in [-0.25, -0.2) is 0 Å². The van der Waals surface area contributed by atoms with Crippen LogP contribution in [0.1, 0.15) is 61.7 Å². The lowest BCUT2D eigenvalue weighted by Crippen LogP contribution is -2.40. The molecule has 2 aliphatic carbocycles. The Labute approximate surface area is 146 Å². The first-order chi connectivity index (χ1) is 11.5. The first-order valence-electron chi connectivity index (χ1n) is 8.42. The minimum atomic E-state index is -0.865. The van der Waals surface area contributed by atoms with E-state index < -0.39 is 11.2 Å². The smallest absolute Gasteiger partial charge is 0.230 e. The van der Waals surface area contributed by atoms with Crippen LogP contribution in [-0.2, 0) is 15.9 Å². The number of aliphatic hydroxyl groups is 1. The number of rotatable bonds is 4. The molecule has 1 aromatic carbocycles. The molecule has 1 heterocycles. The van der Waals surface area contributed by atoms with Gasteiger partial charge >= 0.3 is 0 Å². The third-order valence-electron chi connectivity index (χ3n) is 5.53. The number of hydrogen-bond donors (Lipinski definition) is 1. The predicted molar refractivity (Wildman–Crippen MR) is 88.8 cm³/mol. The number of ether oxygens (including phenoxy) is 1. The van der Waals surface area contributed by atoms with Crippen LogP contribution in [0, 0.1) is 0 Å². The van der Waals surface area contributed by atoms with Gasteiger partial charge in [0.1, 0.15) is 5.60 Å². The second kappa shape index (κ2) is 5.83. The van der Waals surface area contributed by atoms with E-state index >= 15 is 0 Å². The number of aromatic nitrogens is 2. The molecule has 0 saturated heterocycles. The van der Waals surface area contributed by atoms with Crippen molar-refractivity contribution < 1.29 is 14.4 Å². The van der Waals surface area contributed by atoms with Gasteiger partial charge in [0.25, 0.3) is 0 Å². The Hall–Kier alpha value is -1.43. The van der Waals surface area contributed by atoms with Crippen LogP contribution >= 0.6 is 11.6 Å². The minimum Gasteiger partial charge on any atom is -0.385 e. The lowest BCUT2D eigenvalue weighted by molar-refractivity contribution is -0.0617. The van der Waals surface area contributed by atoms with Crippen molar-refractivity contribution in [3.8, 4) is 0 Å². The average Bonchev–Trinajstić information content (AvgIpc) is 3.21. The van der Waals surface area contributed by atoms with Crippen molar-refractivity contribution in [1.82, 2.24) is 10.1 Å². The Morgan fingerprint density at radius 1 is 1.29 bits per heavy atom. The number of halogens is 1. The largest absolute Gasteiger partial charge is 0.385 e. The van der Waals surface area contributed by atoms with Crippen molar-refractivity contribution in [2.45, 2.75) is 55.6 Å². The fourth-order valence-corrected chi connectivity index (χ4v) is 4.19. The maximum absolute atomic E-state index is 10.8. The molecular formula is C18H21ClN2O3. The molecule has 1 aromatic heterocycles. The van der Waals surface area contributed by atoms with Crippen LogP contribution in [0.3, 0.4) is 0 Å². The van der Waals surface area contributed by atoms with Crippen LogP contribution in [0.2, 0.25) is 5.02 Å². The van der Waals surface area contributed by atoms with Gasteiger partial charge in [-0.2, -0.15) is 4.98 Å². The molecular weight excluding hydrogens is 328 g/mol. The molecule has 0 unspecified atom stereocenters. The molecule has 0 aliphatic heterocycles. The zero-order chi connectivity index (χ0) is 16.8. The number of benzene rings is 1. The molecule has 0 bridgehead atoms. The Kier molecular flexibility index (Phi) is 3.90. The van der Waals surface area contributed by atoms with Crippen LogP contribution in [0.15, 0.2) is 28.8 Å². The van der Waals surface area contributed by atoms with E-state index in [4.69, 9.17) is 20.9 Å². The zero-order valence-electron chi connectivity index (χ0n) is 13.7. The number of nitrogens with zero attached hydrogens (tertiary/aromatic N) is 2. The summed E-state index contributed by atoms with van der Waals surface area (Å²) < 4.78 is 11.2. The van der Waals surface area contributed by atoms with Crippen molar-refractivity contribution in [2.24, 2.45) is 0 Å². The molecule has 1 N–H and O–H groups in total. The Morgan fingerprint density at radius 2 is 2.04 bits per heavy atom. The van der Waals surface area contributed by atoms with E-state index in [9.17, 15) is 5.11 Å². The molecule has 0 atom stereocenters. The molecule has 2 aliphatic rings. The average molecular weight is 349 g/mol. The minimum absolute atomic E-state index is 0.0746. The van der Waals surface area contributed by atoms with Gasteiger partial charge in [-0.15, -0.1) is 0 Å². The van der Waals surface area contributed by atoms with Gasteiger partial charge < -0.3 is 14.4 Å². The molecule has 0 radical (unpaired) electrons. The highest BCUT2D eigenvalue weighted by Gasteiger charge is 2.48. The van der Waals surface area contributed by atoms with Crippen molar-refractivity contribution in [1.29, 1.82) is 0 Å². The Bertz CT molecular complexity index is 733. The van der Waals surface area contributed by atoms with Gasteiger partial charge in [0.05, 0.1) is 5.60 Å². The van der Waals surface area contributed by atoms with E-state index in [1.807, 2.05) is 18.2 Å². The molecule has 0 amide bonds. The monoisotopic (exact) mass is 348 g/mol. The van der Waals surface area contributed by atoms with Crippen molar-refractivity contribution >= 4 is 11.6 Å². The van der Waals surface area contributed by atoms with Crippen LogP contribution in [0.25, 0.3) is 0 Å². The third kappa shape index (κ3) is 2.55. The van der Waals surface area contributed by atoms with Crippen molar-refractivity contribution in [3.05, 3.63) is 46.6 Å². The number of hydrogen-bond acceptors (Lipinski definition) is 5. The topological polar surface area (TPSA) is 68.4 Å². The second-order valence-corrected chi connectivity index (χ2v) is 7.45. The summed E-state index contributed by atoms with van der Waals surface area (Å²) in [5, 5.41) is 15.6. The molecule has 0 spiro atoms. The summed E-state index contributed by atoms with van der Waals surface area (Å²) in [6, 6.07) is 7.38. The molecule has 2 saturated carbocycles. The molecule has 2 fully saturated rings. The fraction of sp³-hybridized carbons (Fsp3) is 0.556. The van der Waals surface area contributed by atoms with E-state index in [2.05, 4.69) is 10.1 Å². The SMILES string of the molecule is COC1(c2noc(C3CC(O)(c4cccc(Cl)c4)C3)n2)CCCC1. The van der Waals surface area contributed by atoms with Crippen LogP contribution in [-0.4, -0.2) is 22.4 Å². The van der Waals surface area contributed by atoms with E-state index in [0.29, 0.717) is 29.6 Å². The maximum atomic E-state index is 10.8. The van der Waals surface area contributed by atoms with Gasteiger partial charge in [0.15, 0.2) is 0 Å². The summed E-state index contributed by atoms with van der Waals surface area (Å²) in [5.74, 6) is 1.32. The van der Waals surface area contributed by atoms with Gasteiger partial charge in [-0.3, -0.25) is 0 Å². The molecule has 128 valence electrons. The van der Waals surface area contributed by atoms with E-state index in [-0.39, 0.29) is 5.92 Å². The van der Waals surface area contributed by atoms with Crippen LogP contribution < -0.4 is 0 Å². The van der Waals surface area contributed by atoms with Gasteiger partial charge in [-0.1, -0.05) is 28.9 Å². The highest BCUT2D eigenvalue weighted by Crippen LogP contribution is 2.51. The van der Waals surface area contributed by atoms with Crippen LogP contribution in [0.4, 0.5) is 0 Å². The lowest BCUT2D eigenvalue weighted by Gasteiger charge is -2.42. The highest BCUT2D eigenvalue weighted by atomic mass is 35.5. The number of methoxy groups -OCH3 is 1. The summed E-state index contributed by atoms with van der Waals surface area (Å²) in [7, 11) is 1.71. The first kappa shape index (κ1) is 16.1. The maximum Gasteiger partial charge on any atom is 0.230 e. The molecule has 6 heteroatoms. The normalized spacial score (nSPS) is 28.7. The van der Waals surface area contributed by atoms with E-state index in [1.54, 1.807) is 13.2 Å². The highest BCUT2D eigenvalue weighted by molar-refractivity contribution is 6.30. The molecule has 5 nitrogen and oxygen atoms in total. The second-order valence-electron chi connectivity index (χ2n) is 7.01. The summed E-state index contributed by atoms with van der Waals surface area (Å²) in [6.07, 6.45) is 5.23. The summed E-state index contributed by atoms with van der Waals surface area (Å²) >= 11 is 6.03. The molecule has 4 rings (SSSR count). The van der Waals surface area contributed by atoms with E-state index in [1.165, 1.54) is 0 Å². The van der Waals surface area contributed by atoms with E-state index in [0.717, 1.165) is 31.2 Å². The van der Waals surface area contributed by atoms with Gasteiger partial charge in [0, 0.05) is 18.1 Å². The fourth-order valence-electron chi connectivity index (χ4n) is 3.99. The predicted octanol–water partition coefficient (Wildman–Crippen LogP) is 3.90. The van der Waals surface area contributed by atoms with Crippen molar-refractivity contribution in [2.75, 3.05) is 7.11 Å². The zero-order valence-corrected chi connectivity index (χ0v) is 14.4. The van der Waals surface area contributed by atoms with Gasteiger partial charge in [-0.05, 0) is 56.2 Å². The molecule has 2 aromatic rings. The quantitative estimate of drug-likeness (QED) is 0.907. The van der Waals surface area contributed by atoms with Crippen LogP contribution in [0.5, 0.6) is 0 Å². The summed E-state index contributed by atoms with van der Waals surface area (Å²) in [6.45, 7) is 0.